The van der Waals surface area contributed by atoms with Crippen molar-refractivity contribution in [3.8, 4) is 0 Å². The molecular weight excluding hydrogens is 225 g/mol. The Morgan fingerprint density at radius 1 is 1.28 bits per heavy atom. The van der Waals surface area contributed by atoms with E-state index >= 15 is 0 Å². The molecule has 3 unspecified atom stereocenters. The van der Waals surface area contributed by atoms with Crippen molar-refractivity contribution in [2.24, 2.45) is 5.92 Å². The molecule has 1 saturated carbocycles. The van der Waals surface area contributed by atoms with E-state index in [2.05, 4.69) is 25.2 Å². The van der Waals surface area contributed by atoms with E-state index in [-0.39, 0.29) is 5.82 Å². The zero-order valence-electron chi connectivity index (χ0n) is 11.9. The lowest BCUT2D eigenvalue weighted by molar-refractivity contribution is 0.405. The van der Waals surface area contributed by atoms with Gasteiger partial charge in [-0.15, -0.1) is 0 Å². The van der Waals surface area contributed by atoms with Crippen LogP contribution in [0.3, 0.4) is 0 Å². The largest absolute Gasteiger partial charge is 0.314 e. The SMILES string of the molecule is CCNC1CCC(c2c(C)cc(C)cc2F)C1C. The molecule has 1 aromatic carbocycles. The molecule has 0 spiro atoms. The van der Waals surface area contributed by atoms with Gasteiger partial charge in [0.25, 0.3) is 0 Å². The summed E-state index contributed by atoms with van der Waals surface area (Å²) in [5.41, 5.74) is 3.08. The van der Waals surface area contributed by atoms with Gasteiger partial charge < -0.3 is 5.32 Å². The fourth-order valence-corrected chi connectivity index (χ4v) is 3.52. The van der Waals surface area contributed by atoms with Crippen LogP contribution < -0.4 is 5.32 Å². The number of aryl methyl sites for hydroxylation is 2. The Labute approximate surface area is 110 Å². The highest BCUT2D eigenvalue weighted by Gasteiger charge is 2.35. The highest BCUT2D eigenvalue weighted by molar-refractivity contribution is 5.36. The minimum atomic E-state index is -0.0125. The van der Waals surface area contributed by atoms with E-state index in [4.69, 9.17) is 0 Å². The molecule has 1 nitrogen and oxygen atoms in total. The molecule has 18 heavy (non-hydrogen) atoms. The third kappa shape index (κ3) is 2.44. The number of hydrogen-bond acceptors (Lipinski definition) is 1. The summed E-state index contributed by atoms with van der Waals surface area (Å²) >= 11 is 0. The summed E-state index contributed by atoms with van der Waals surface area (Å²) in [5, 5.41) is 3.52. The minimum Gasteiger partial charge on any atom is -0.314 e. The average molecular weight is 249 g/mol. The van der Waals surface area contributed by atoms with Gasteiger partial charge in [-0.1, -0.05) is 19.9 Å². The summed E-state index contributed by atoms with van der Waals surface area (Å²) in [6, 6.07) is 4.32. The predicted molar refractivity (Wildman–Crippen MR) is 74.5 cm³/mol. The molecule has 1 fully saturated rings. The lowest BCUT2D eigenvalue weighted by Gasteiger charge is -2.23. The van der Waals surface area contributed by atoms with Gasteiger partial charge in [-0.2, -0.15) is 0 Å². The zero-order chi connectivity index (χ0) is 13.3. The van der Waals surface area contributed by atoms with Crippen molar-refractivity contribution in [3.63, 3.8) is 0 Å². The fourth-order valence-electron chi connectivity index (χ4n) is 3.52. The molecule has 2 heteroatoms. The van der Waals surface area contributed by atoms with Crippen molar-refractivity contribution < 1.29 is 4.39 Å². The van der Waals surface area contributed by atoms with E-state index in [9.17, 15) is 4.39 Å². The Kier molecular flexibility index (Phi) is 4.06. The fraction of sp³-hybridized carbons (Fsp3) is 0.625. The smallest absolute Gasteiger partial charge is 0.127 e. The summed E-state index contributed by atoms with van der Waals surface area (Å²) < 4.78 is 14.2. The molecule has 0 radical (unpaired) electrons. The van der Waals surface area contributed by atoms with Crippen LogP contribution in [0.2, 0.25) is 0 Å². The quantitative estimate of drug-likeness (QED) is 0.855. The monoisotopic (exact) mass is 249 g/mol. The molecule has 100 valence electrons. The van der Waals surface area contributed by atoms with Crippen molar-refractivity contribution >= 4 is 0 Å². The van der Waals surface area contributed by atoms with Gasteiger partial charge >= 0.3 is 0 Å². The molecule has 0 saturated heterocycles. The molecule has 3 atom stereocenters. The van der Waals surface area contributed by atoms with Gasteiger partial charge in [0.1, 0.15) is 5.82 Å². The Morgan fingerprint density at radius 3 is 2.61 bits per heavy atom. The number of rotatable bonds is 3. The third-order valence-corrected chi connectivity index (χ3v) is 4.38. The lowest BCUT2D eigenvalue weighted by Crippen LogP contribution is -2.32. The molecule has 1 aromatic rings. The Balaban J connectivity index is 2.28. The number of benzene rings is 1. The number of halogens is 1. The van der Waals surface area contributed by atoms with Crippen LogP contribution in [0.15, 0.2) is 12.1 Å². The van der Waals surface area contributed by atoms with Gasteiger partial charge in [-0.3, -0.25) is 0 Å². The van der Waals surface area contributed by atoms with E-state index in [1.165, 1.54) is 0 Å². The highest BCUT2D eigenvalue weighted by atomic mass is 19.1. The first-order chi connectivity index (χ1) is 8.54. The van der Waals surface area contributed by atoms with Crippen LogP contribution in [0.5, 0.6) is 0 Å². The van der Waals surface area contributed by atoms with Gasteiger partial charge in [0.15, 0.2) is 0 Å². The van der Waals surface area contributed by atoms with Crippen LogP contribution in [0, 0.1) is 25.6 Å². The second-order valence-electron chi connectivity index (χ2n) is 5.68. The summed E-state index contributed by atoms with van der Waals surface area (Å²) in [5.74, 6) is 0.872. The topological polar surface area (TPSA) is 12.0 Å². The van der Waals surface area contributed by atoms with Gasteiger partial charge in [0.2, 0.25) is 0 Å². The van der Waals surface area contributed by atoms with Crippen LogP contribution >= 0.6 is 0 Å². The summed E-state index contributed by atoms with van der Waals surface area (Å²) in [7, 11) is 0. The highest BCUT2D eigenvalue weighted by Crippen LogP contribution is 2.41. The van der Waals surface area contributed by atoms with Crippen LogP contribution in [-0.2, 0) is 0 Å². The Hall–Kier alpha value is -0.890. The van der Waals surface area contributed by atoms with Crippen LogP contribution in [0.1, 0.15) is 49.3 Å². The zero-order valence-corrected chi connectivity index (χ0v) is 11.9. The molecule has 1 aliphatic rings. The number of hydrogen-bond donors (Lipinski definition) is 1. The van der Waals surface area contributed by atoms with E-state index < -0.39 is 0 Å². The molecule has 0 aliphatic heterocycles. The van der Waals surface area contributed by atoms with E-state index in [0.29, 0.717) is 17.9 Å². The third-order valence-electron chi connectivity index (χ3n) is 4.38. The second-order valence-corrected chi connectivity index (χ2v) is 5.68. The van der Waals surface area contributed by atoms with Gasteiger partial charge in [-0.05, 0) is 67.8 Å². The molecule has 0 amide bonds. The first-order valence-electron chi connectivity index (χ1n) is 7.04. The van der Waals surface area contributed by atoms with Crippen LogP contribution in [0.4, 0.5) is 4.39 Å². The molecule has 1 N–H and O–H groups in total. The second kappa shape index (κ2) is 5.40. The maximum absolute atomic E-state index is 14.2. The molecule has 0 bridgehead atoms. The van der Waals surface area contributed by atoms with Crippen LogP contribution in [-0.4, -0.2) is 12.6 Å². The number of nitrogens with one attached hydrogen (secondary N) is 1. The van der Waals surface area contributed by atoms with Crippen LogP contribution in [0.25, 0.3) is 0 Å². The van der Waals surface area contributed by atoms with Crippen molar-refractivity contribution in [1.29, 1.82) is 0 Å². The van der Waals surface area contributed by atoms with Crippen molar-refractivity contribution in [2.75, 3.05) is 6.54 Å². The van der Waals surface area contributed by atoms with Crippen molar-refractivity contribution in [1.82, 2.24) is 5.32 Å². The van der Waals surface area contributed by atoms with Crippen molar-refractivity contribution in [3.05, 3.63) is 34.6 Å². The Bertz CT molecular complexity index is 404. The summed E-state index contributed by atoms with van der Waals surface area (Å²) in [6.45, 7) is 9.39. The minimum absolute atomic E-state index is 0.0125. The molecule has 2 rings (SSSR count). The van der Waals surface area contributed by atoms with Gasteiger partial charge in [0.05, 0.1) is 0 Å². The summed E-state index contributed by atoms with van der Waals surface area (Å²) in [6.07, 6.45) is 2.26. The maximum atomic E-state index is 14.2. The first-order valence-corrected chi connectivity index (χ1v) is 7.04. The summed E-state index contributed by atoms with van der Waals surface area (Å²) in [4.78, 5) is 0. The van der Waals surface area contributed by atoms with Gasteiger partial charge in [0, 0.05) is 6.04 Å². The lowest BCUT2D eigenvalue weighted by atomic mass is 9.85. The Morgan fingerprint density at radius 2 is 2.00 bits per heavy atom. The first kappa shape index (κ1) is 13.5. The predicted octanol–water partition coefficient (Wildman–Crippen LogP) is 3.93. The van der Waals surface area contributed by atoms with E-state index in [1.54, 1.807) is 6.07 Å². The van der Waals surface area contributed by atoms with E-state index in [0.717, 1.165) is 36.1 Å². The van der Waals surface area contributed by atoms with E-state index in [1.807, 2.05) is 13.8 Å². The standard InChI is InChI=1S/C16H24FN/c1-5-18-15-7-6-13(12(15)4)16-11(3)8-10(2)9-14(16)17/h8-9,12-13,15,18H,5-7H2,1-4H3. The molecular formula is C16H24FN. The maximum Gasteiger partial charge on any atom is 0.127 e. The average Bonchev–Trinajstić information content (AvgIpc) is 2.61. The van der Waals surface area contributed by atoms with Gasteiger partial charge in [-0.25, -0.2) is 4.39 Å². The molecule has 0 heterocycles. The molecule has 1 aliphatic carbocycles. The molecule has 0 aromatic heterocycles. The normalized spacial score (nSPS) is 27.7. The van der Waals surface area contributed by atoms with Crippen molar-refractivity contribution in [2.45, 2.75) is 52.5 Å².